The third kappa shape index (κ3) is 6.65. The summed E-state index contributed by atoms with van der Waals surface area (Å²) in [7, 11) is -0.608. The van der Waals surface area contributed by atoms with Crippen LogP contribution >= 0.6 is 0 Å². The van der Waals surface area contributed by atoms with Crippen LogP contribution in [0.1, 0.15) is 20.8 Å². The summed E-state index contributed by atoms with van der Waals surface area (Å²) < 4.78 is 43.0. The van der Waals surface area contributed by atoms with E-state index in [1.165, 1.54) is 38.5 Å². The molecule has 0 bridgehead atoms. The molecule has 2 aromatic rings. The van der Waals surface area contributed by atoms with Crippen LogP contribution in [-0.4, -0.2) is 40.7 Å². The minimum absolute atomic E-state index is 0.116. The summed E-state index contributed by atoms with van der Waals surface area (Å²) >= 11 is 0. The van der Waals surface area contributed by atoms with Crippen LogP contribution in [0.3, 0.4) is 0 Å². The Bertz CT molecular complexity index is 950. The minimum atomic E-state index is -3.63. The summed E-state index contributed by atoms with van der Waals surface area (Å²) in [5, 5.41) is 2.69. The standard InChI is InChI=1S/C20H26N2O6S/c1-20(2,3)22-29(24,25)16-9-6-14(7-10-16)28-13-19(23)21-17-12-15(26-4)8-11-18(17)27-5/h6-12,22H,13H2,1-5H3,(H,21,23). The van der Waals surface area contributed by atoms with E-state index < -0.39 is 21.5 Å². The average Bonchev–Trinajstić information content (AvgIpc) is 2.64. The van der Waals surface area contributed by atoms with Gasteiger partial charge < -0.3 is 19.5 Å². The molecule has 0 aliphatic rings. The van der Waals surface area contributed by atoms with Crippen molar-refractivity contribution in [3.05, 3.63) is 42.5 Å². The summed E-state index contributed by atoms with van der Waals surface area (Å²) in [4.78, 5) is 12.3. The topological polar surface area (TPSA) is 103 Å². The Kier molecular flexibility index (Phi) is 7.10. The highest BCUT2D eigenvalue weighted by Gasteiger charge is 2.21. The SMILES string of the molecule is COc1ccc(OC)c(NC(=O)COc2ccc(S(=O)(=O)NC(C)(C)C)cc2)c1. The van der Waals surface area contributed by atoms with E-state index in [4.69, 9.17) is 14.2 Å². The molecule has 0 unspecified atom stereocenters. The lowest BCUT2D eigenvalue weighted by molar-refractivity contribution is -0.118. The number of rotatable bonds is 8. The Morgan fingerprint density at radius 1 is 0.966 bits per heavy atom. The fourth-order valence-electron chi connectivity index (χ4n) is 2.42. The number of carbonyl (C=O) groups is 1. The summed E-state index contributed by atoms with van der Waals surface area (Å²) in [5.41, 5.74) is -0.136. The lowest BCUT2D eigenvalue weighted by atomic mass is 10.1. The molecule has 9 heteroatoms. The first-order valence-corrected chi connectivity index (χ1v) is 10.3. The van der Waals surface area contributed by atoms with E-state index in [1.807, 2.05) is 0 Å². The van der Waals surface area contributed by atoms with E-state index in [9.17, 15) is 13.2 Å². The third-order valence-corrected chi connectivity index (χ3v) is 5.40. The number of hydrogen-bond donors (Lipinski definition) is 2. The van der Waals surface area contributed by atoms with Crippen LogP contribution in [0.25, 0.3) is 0 Å². The van der Waals surface area contributed by atoms with Gasteiger partial charge in [0.05, 0.1) is 24.8 Å². The maximum atomic E-state index is 12.3. The molecule has 0 aromatic heterocycles. The van der Waals surface area contributed by atoms with Crippen LogP contribution in [0.4, 0.5) is 5.69 Å². The highest BCUT2D eigenvalue weighted by Crippen LogP contribution is 2.28. The van der Waals surface area contributed by atoms with Gasteiger partial charge in [0.2, 0.25) is 10.0 Å². The molecule has 2 rings (SSSR count). The maximum absolute atomic E-state index is 12.3. The van der Waals surface area contributed by atoms with E-state index in [0.29, 0.717) is 22.9 Å². The molecular weight excluding hydrogens is 396 g/mol. The predicted octanol–water partition coefficient (Wildman–Crippen LogP) is 2.80. The Hall–Kier alpha value is -2.78. The smallest absolute Gasteiger partial charge is 0.262 e. The summed E-state index contributed by atoms with van der Waals surface area (Å²) in [6, 6.07) is 10.9. The van der Waals surface area contributed by atoms with Crippen LogP contribution in [0, 0.1) is 0 Å². The van der Waals surface area contributed by atoms with E-state index in [1.54, 1.807) is 39.0 Å². The van der Waals surface area contributed by atoms with Gasteiger partial charge in [0.15, 0.2) is 6.61 Å². The molecule has 1 amide bonds. The molecule has 0 atom stereocenters. The molecule has 8 nitrogen and oxygen atoms in total. The maximum Gasteiger partial charge on any atom is 0.262 e. The van der Waals surface area contributed by atoms with Crippen LogP contribution < -0.4 is 24.2 Å². The van der Waals surface area contributed by atoms with E-state index in [-0.39, 0.29) is 11.5 Å². The number of methoxy groups -OCH3 is 2. The van der Waals surface area contributed by atoms with Crippen molar-refractivity contribution in [1.29, 1.82) is 0 Å². The molecule has 0 heterocycles. The van der Waals surface area contributed by atoms with Gasteiger partial charge in [-0.3, -0.25) is 4.79 Å². The first kappa shape index (κ1) is 22.5. The van der Waals surface area contributed by atoms with Crippen molar-refractivity contribution >= 4 is 21.6 Å². The number of sulfonamides is 1. The second-order valence-corrected chi connectivity index (χ2v) is 8.91. The van der Waals surface area contributed by atoms with Gasteiger partial charge in [0.25, 0.3) is 5.91 Å². The molecule has 0 spiro atoms. The Balaban J connectivity index is 1.99. The van der Waals surface area contributed by atoms with Crippen molar-refractivity contribution in [2.24, 2.45) is 0 Å². The molecule has 0 saturated carbocycles. The zero-order chi connectivity index (χ0) is 21.7. The number of ether oxygens (including phenoxy) is 3. The molecule has 0 saturated heterocycles. The molecule has 158 valence electrons. The molecule has 29 heavy (non-hydrogen) atoms. The van der Waals surface area contributed by atoms with Gasteiger partial charge in [0.1, 0.15) is 17.2 Å². The van der Waals surface area contributed by atoms with Crippen LogP contribution in [0.15, 0.2) is 47.4 Å². The van der Waals surface area contributed by atoms with Crippen molar-refractivity contribution in [2.45, 2.75) is 31.2 Å². The van der Waals surface area contributed by atoms with E-state index in [0.717, 1.165) is 0 Å². The van der Waals surface area contributed by atoms with E-state index in [2.05, 4.69) is 10.0 Å². The van der Waals surface area contributed by atoms with Gasteiger partial charge >= 0.3 is 0 Å². The number of anilines is 1. The molecular formula is C20H26N2O6S. The van der Waals surface area contributed by atoms with Gasteiger partial charge in [-0.15, -0.1) is 0 Å². The van der Waals surface area contributed by atoms with Gasteiger partial charge in [0, 0.05) is 11.6 Å². The van der Waals surface area contributed by atoms with Crippen molar-refractivity contribution in [3.8, 4) is 17.2 Å². The molecule has 0 aliphatic carbocycles. The summed E-state index contributed by atoms with van der Waals surface area (Å²) in [6.07, 6.45) is 0. The molecule has 2 aromatic carbocycles. The lowest BCUT2D eigenvalue weighted by Gasteiger charge is -2.20. The number of hydrogen-bond acceptors (Lipinski definition) is 6. The van der Waals surface area contributed by atoms with E-state index >= 15 is 0 Å². The second kappa shape index (κ2) is 9.15. The van der Waals surface area contributed by atoms with Gasteiger partial charge in [-0.05, 0) is 57.2 Å². The number of nitrogens with one attached hydrogen (secondary N) is 2. The Labute approximate surface area is 171 Å². The molecule has 0 fully saturated rings. The summed E-state index contributed by atoms with van der Waals surface area (Å²) in [6.45, 7) is 5.03. The Morgan fingerprint density at radius 3 is 2.14 bits per heavy atom. The number of carbonyl (C=O) groups excluding carboxylic acids is 1. The minimum Gasteiger partial charge on any atom is -0.497 e. The van der Waals surface area contributed by atoms with Gasteiger partial charge in [-0.1, -0.05) is 0 Å². The largest absolute Gasteiger partial charge is 0.497 e. The zero-order valence-corrected chi connectivity index (χ0v) is 17.9. The summed E-state index contributed by atoms with van der Waals surface area (Å²) in [5.74, 6) is 1.03. The Morgan fingerprint density at radius 2 is 1.59 bits per heavy atom. The predicted molar refractivity (Wildman–Crippen MR) is 110 cm³/mol. The monoisotopic (exact) mass is 422 g/mol. The van der Waals surface area contributed by atoms with Crippen molar-refractivity contribution < 1.29 is 27.4 Å². The van der Waals surface area contributed by atoms with Gasteiger partial charge in [-0.2, -0.15) is 0 Å². The zero-order valence-electron chi connectivity index (χ0n) is 17.1. The highest BCUT2D eigenvalue weighted by atomic mass is 32.2. The molecule has 2 N–H and O–H groups in total. The van der Waals surface area contributed by atoms with Crippen molar-refractivity contribution in [2.75, 3.05) is 26.1 Å². The first-order valence-electron chi connectivity index (χ1n) is 8.83. The van der Waals surface area contributed by atoms with Crippen molar-refractivity contribution in [1.82, 2.24) is 4.72 Å². The van der Waals surface area contributed by atoms with Crippen LogP contribution in [0.5, 0.6) is 17.2 Å². The average molecular weight is 423 g/mol. The lowest BCUT2D eigenvalue weighted by Crippen LogP contribution is -2.40. The fourth-order valence-corrected chi connectivity index (χ4v) is 3.84. The fraction of sp³-hybridized carbons (Fsp3) is 0.350. The third-order valence-electron chi connectivity index (χ3n) is 3.63. The van der Waals surface area contributed by atoms with Crippen molar-refractivity contribution in [3.63, 3.8) is 0 Å². The molecule has 0 radical (unpaired) electrons. The van der Waals surface area contributed by atoms with Crippen LogP contribution in [0.2, 0.25) is 0 Å². The quantitative estimate of drug-likeness (QED) is 0.678. The highest BCUT2D eigenvalue weighted by molar-refractivity contribution is 7.89. The number of amides is 1. The van der Waals surface area contributed by atoms with Gasteiger partial charge in [-0.25, -0.2) is 13.1 Å². The normalized spacial score (nSPS) is 11.6. The first-order chi connectivity index (χ1) is 13.5. The number of benzene rings is 2. The molecule has 0 aliphatic heterocycles. The second-order valence-electron chi connectivity index (χ2n) is 7.23. The van der Waals surface area contributed by atoms with Crippen LogP contribution in [-0.2, 0) is 14.8 Å².